The normalized spacial score (nSPS) is 16.3. The molecule has 7 heteroatoms. The fourth-order valence-corrected chi connectivity index (χ4v) is 4.68. The molecule has 2 aromatic carbocycles. The van der Waals surface area contributed by atoms with Crippen molar-refractivity contribution in [2.24, 2.45) is 0 Å². The number of hydrogen-bond acceptors (Lipinski definition) is 4. The molecule has 0 bridgehead atoms. The molecule has 0 aromatic heterocycles. The van der Waals surface area contributed by atoms with E-state index < -0.39 is 16.0 Å². The second-order valence-electron chi connectivity index (χ2n) is 6.88. The largest absolute Gasteiger partial charge is 0.481 e. The van der Waals surface area contributed by atoms with Crippen molar-refractivity contribution in [1.82, 2.24) is 9.21 Å². The smallest absolute Gasteiger partial charge is 0.307 e. The third kappa shape index (κ3) is 4.94. The summed E-state index contributed by atoms with van der Waals surface area (Å²) in [6.07, 6.45) is 0.0103. The van der Waals surface area contributed by atoms with Crippen molar-refractivity contribution in [1.29, 1.82) is 0 Å². The second-order valence-corrected chi connectivity index (χ2v) is 8.82. The first kappa shape index (κ1) is 19.5. The van der Waals surface area contributed by atoms with Crippen LogP contribution in [0.15, 0.2) is 53.4 Å². The van der Waals surface area contributed by atoms with Crippen molar-refractivity contribution in [3.63, 3.8) is 0 Å². The Morgan fingerprint density at radius 1 is 1.00 bits per heavy atom. The molecule has 1 heterocycles. The second kappa shape index (κ2) is 8.21. The van der Waals surface area contributed by atoms with Crippen LogP contribution in [-0.4, -0.2) is 54.9 Å². The van der Waals surface area contributed by atoms with Crippen LogP contribution >= 0.6 is 0 Å². The SMILES string of the molecule is Cc1ccc(S(=O)(=O)N2CCN(Cc3cccc(CC(=O)O)c3)CC2)cc1. The molecule has 0 atom stereocenters. The van der Waals surface area contributed by atoms with Gasteiger partial charge in [-0.25, -0.2) is 8.42 Å². The number of carbonyl (C=O) groups is 1. The molecule has 1 saturated heterocycles. The summed E-state index contributed by atoms with van der Waals surface area (Å²) in [4.78, 5) is 13.4. The van der Waals surface area contributed by atoms with Crippen LogP contribution in [0, 0.1) is 6.92 Å². The number of benzene rings is 2. The molecule has 6 nitrogen and oxygen atoms in total. The molecule has 1 N–H and O–H groups in total. The molecular formula is C20H24N2O4S. The van der Waals surface area contributed by atoms with E-state index in [2.05, 4.69) is 4.90 Å². The summed E-state index contributed by atoms with van der Waals surface area (Å²) >= 11 is 0. The topological polar surface area (TPSA) is 77.9 Å². The first-order valence-corrected chi connectivity index (χ1v) is 10.4. The van der Waals surface area contributed by atoms with E-state index in [1.54, 1.807) is 12.1 Å². The molecule has 0 radical (unpaired) electrons. The quantitative estimate of drug-likeness (QED) is 0.820. The number of carboxylic acids is 1. The van der Waals surface area contributed by atoms with E-state index in [9.17, 15) is 13.2 Å². The lowest BCUT2D eigenvalue weighted by Crippen LogP contribution is -2.48. The molecule has 3 rings (SSSR count). The monoisotopic (exact) mass is 388 g/mol. The van der Waals surface area contributed by atoms with Gasteiger partial charge in [0.1, 0.15) is 0 Å². The Labute approximate surface area is 160 Å². The van der Waals surface area contributed by atoms with E-state index in [4.69, 9.17) is 5.11 Å². The van der Waals surface area contributed by atoms with E-state index in [1.165, 1.54) is 4.31 Å². The first-order chi connectivity index (χ1) is 12.8. The number of piperazine rings is 1. The van der Waals surface area contributed by atoms with Crippen LogP contribution in [-0.2, 0) is 27.8 Å². The van der Waals surface area contributed by atoms with Crippen molar-refractivity contribution in [2.45, 2.75) is 24.8 Å². The lowest BCUT2D eigenvalue weighted by atomic mass is 10.1. The lowest BCUT2D eigenvalue weighted by Gasteiger charge is -2.34. The van der Waals surface area contributed by atoms with Gasteiger partial charge in [0.05, 0.1) is 11.3 Å². The maximum atomic E-state index is 12.8. The minimum atomic E-state index is -3.45. The van der Waals surface area contributed by atoms with Gasteiger partial charge in [-0.3, -0.25) is 9.69 Å². The minimum absolute atomic E-state index is 0.0103. The van der Waals surface area contributed by atoms with Gasteiger partial charge in [0, 0.05) is 32.7 Å². The Bertz CT molecular complexity index is 902. The molecule has 1 aliphatic heterocycles. The summed E-state index contributed by atoms with van der Waals surface area (Å²) < 4.78 is 27.1. The van der Waals surface area contributed by atoms with Crippen LogP contribution in [0.2, 0.25) is 0 Å². The maximum Gasteiger partial charge on any atom is 0.307 e. The zero-order valence-corrected chi connectivity index (χ0v) is 16.2. The highest BCUT2D eigenvalue weighted by Gasteiger charge is 2.28. The third-order valence-electron chi connectivity index (χ3n) is 4.74. The Balaban J connectivity index is 1.60. The third-order valence-corrected chi connectivity index (χ3v) is 6.66. The summed E-state index contributed by atoms with van der Waals surface area (Å²) in [5, 5.41) is 8.92. The lowest BCUT2D eigenvalue weighted by molar-refractivity contribution is -0.136. The molecule has 1 aliphatic rings. The molecule has 0 aliphatic carbocycles. The first-order valence-electron chi connectivity index (χ1n) is 8.93. The van der Waals surface area contributed by atoms with Crippen molar-refractivity contribution >= 4 is 16.0 Å². The van der Waals surface area contributed by atoms with Crippen LogP contribution in [0.1, 0.15) is 16.7 Å². The van der Waals surface area contributed by atoms with Crippen molar-refractivity contribution in [3.05, 3.63) is 65.2 Å². The van der Waals surface area contributed by atoms with E-state index in [0.717, 1.165) is 16.7 Å². The van der Waals surface area contributed by atoms with Crippen molar-refractivity contribution in [3.8, 4) is 0 Å². The van der Waals surface area contributed by atoms with E-state index in [0.29, 0.717) is 37.6 Å². The van der Waals surface area contributed by atoms with Crippen LogP contribution in [0.3, 0.4) is 0 Å². The summed E-state index contributed by atoms with van der Waals surface area (Å²) in [5.74, 6) is -0.845. The number of rotatable bonds is 6. The number of hydrogen-bond donors (Lipinski definition) is 1. The molecule has 27 heavy (non-hydrogen) atoms. The van der Waals surface area contributed by atoms with Crippen LogP contribution in [0.5, 0.6) is 0 Å². The van der Waals surface area contributed by atoms with Crippen LogP contribution in [0.4, 0.5) is 0 Å². The highest BCUT2D eigenvalue weighted by molar-refractivity contribution is 7.89. The molecule has 144 valence electrons. The Hall–Kier alpha value is -2.22. The van der Waals surface area contributed by atoms with E-state index >= 15 is 0 Å². The highest BCUT2D eigenvalue weighted by Crippen LogP contribution is 2.19. The molecule has 2 aromatic rings. The van der Waals surface area contributed by atoms with Gasteiger partial charge in [0.2, 0.25) is 10.0 Å². The standard InChI is InChI=1S/C20H24N2O4S/c1-16-5-7-19(8-6-16)27(25,26)22-11-9-21(10-12-22)15-18-4-2-3-17(13-18)14-20(23)24/h2-8,13H,9-12,14-15H2,1H3,(H,23,24). The minimum Gasteiger partial charge on any atom is -0.481 e. The zero-order valence-electron chi connectivity index (χ0n) is 15.3. The molecule has 0 unspecified atom stereocenters. The molecular weight excluding hydrogens is 364 g/mol. The summed E-state index contributed by atoms with van der Waals surface area (Å²) in [6, 6.07) is 14.5. The van der Waals surface area contributed by atoms with Crippen LogP contribution < -0.4 is 0 Å². The fraction of sp³-hybridized carbons (Fsp3) is 0.350. The summed E-state index contributed by atoms with van der Waals surface area (Å²) in [7, 11) is -3.45. The van der Waals surface area contributed by atoms with Gasteiger partial charge in [-0.05, 0) is 30.2 Å². The summed E-state index contributed by atoms with van der Waals surface area (Å²) in [6.45, 7) is 4.81. The average molecular weight is 388 g/mol. The fourth-order valence-electron chi connectivity index (χ4n) is 3.26. The summed E-state index contributed by atoms with van der Waals surface area (Å²) in [5.41, 5.74) is 2.85. The predicted octanol–water partition coefficient (Wildman–Crippen LogP) is 2.13. The van der Waals surface area contributed by atoms with Crippen LogP contribution in [0.25, 0.3) is 0 Å². The zero-order chi connectivity index (χ0) is 19.4. The molecule has 0 spiro atoms. The number of aliphatic carboxylic acids is 1. The maximum absolute atomic E-state index is 12.8. The molecule has 1 fully saturated rings. The van der Waals surface area contributed by atoms with Crippen molar-refractivity contribution < 1.29 is 18.3 Å². The van der Waals surface area contributed by atoms with Gasteiger partial charge >= 0.3 is 5.97 Å². The Morgan fingerprint density at radius 2 is 1.63 bits per heavy atom. The van der Waals surface area contributed by atoms with Gasteiger partial charge < -0.3 is 5.11 Å². The number of sulfonamides is 1. The van der Waals surface area contributed by atoms with Gasteiger partial charge in [0.15, 0.2) is 0 Å². The van der Waals surface area contributed by atoms with Crippen molar-refractivity contribution in [2.75, 3.05) is 26.2 Å². The van der Waals surface area contributed by atoms with Gasteiger partial charge in [-0.15, -0.1) is 0 Å². The Morgan fingerprint density at radius 3 is 2.26 bits per heavy atom. The van der Waals surface area contributed by atoms with Gasteiger partial charge in [-0.2, -0.15) is 4.31 Å². The van der Waals surface area contributed by atoms with E-state index in [1.807, 2.05) is 43.3 Å². The number of carboxylic acid groups (broad SMARTS) is 1. The average Bonchev–Trinajstić information content (AvgIpc) is 2.62. The molecule has 0 amide bonds. The highest BCUT2D eigenvalue weighted by atomic mass is 32.2. The van der Waals surface area contributed by atoms with Gasteiger partial charge in [0.25, 0.3) is 0 Å². The van der Waals surface area contributed by atoms with Gasteiger partial charge in [-0.1, -0.05) is 42.0 Å². The number of nitrogens with zero attached hydrogens (tertiary/aromatic N) is 2. The molecule has 0 saturated carbocycles. The van der Waals surface area contributed by atoms with E-state index in [-0.39, 0.29) is 6.42 Å². The number of aryl methyl sites for hydroxylation is 1. The Kier molecular flexibility index (Phi) is 5.94. The predicted molar refractivity (Wildman–Crippen MR) is 103 cm³/mol.